The normalized spacial score (nSPS) is 18.2. The first-order valence-corrected chi connectivity index (χ1v) is 9.27. The summed E-state index contributed by atoms with van der Waals surface area (Å²) in [6.07, 6.45) is 1.03. The van der Waals surface area contributed by atoms with Gasteiger partial charge in [0.05, 0.1) is 12.1 Å². The van der Waals surface area contributed by atoms with Crippen molar-refractivity contribution >= 4 is 17.4 Å². The topological polar surface area (TPSA) is 104 Å². The zero-order valence-corrected chi connectivity index (χ0v) is 16.1. The van der Waals surface area contributed by atoms with Crippen LogP contribution in [0.25, 0.3) is 0 Å². The van der Waals surface area contributed by atoms with Crippen molar-refractivity contribution in [2.75, 3.05) is 18.6 Å². The van der Waals surface area contributed by atoms with Crippen molar-refractivity contribution in [2.45, 2.75) is 25.4 Å². The van der Waals surface area contributed by atoms with Crippen molar-refractivity contribution in [3.8, 4) is 11.5 Å². The number of nitrogens with two attached hydrogens (primary N) is 1. The Morgan fingerprint density at radius 3 is 2.43 bits per heavy atom. The summed E-state index contributed by atoms with van der Waals surface area (Å²) >= 11 is 0. The second kappa shape index (κ2) is 8.73. The van der Waals surface area contributed by atoms with Crippen molar-refractivity contribution in [1.29, 1.82) is 0 Å². The van der Waals surface area contributed by atoms with Crippen LogP contribution < -0.4 is 31.6 Å². The van der Waals surface area contributed by atoms with Crippen LogP contribution in [-0.2, 0) is 4.79 Å². The van der Waals surface area contributed by atoms with Crippen molar-refractivity contribution in [1.82, 2.24) is 16.2 Å². The number of amides is 1. The number of rotatable bonds is 9. The number of carbonyl (C=O) groups is 1. The Hall–Kier alpha value is -3.10. The molecule has 0 spiro atoms. The van der Waals surface area contributed by atoms with Gasteiger partial charge in [0.1, 0.15) is 11.5 Å². The number of hydrogen-bond acceptors (Lipinski definition) is 7. The Labute approximate surface area is 164 Å². The van der Waals surface area contributed by atoms with E-state index in [0.29, 0.717) is 18.1 Å². The van der Waals surface area contributed by atoms with E-state index < -0.39 is 5.66 Å². The summed E-state index contributed by atoms with van der Waals surface area (Å²) in [5, 5.41) is 9.47. The molecule has 1 amide bonds. The molecule has 5 N–H and O–H groups in total. The summed E-state index contributed by atoms with van der Waals surface area (Å²) in [6.45, 7) is 2.76. The van der Waals surface area contributed by atoms with Crippen molar-refractivity contribution in [2.24, 2.45) is 10.8 Å². The molecule has 1 aliphatic heterocycles. The highest BCUT2D eigenvalue weighted by atomic mass is 16.5. The third kappa shape index (κ3) is 4.08. The summed E-state index contributed by atoms with van der Waals surface area (Å²) in [5.74, 6) is 1.69. The number of anilines is 1. The van der Waals surface area contributed by atoms with Crippen LogP contribution >= 0.6 is 0 Å². The van der Waals surface area contributed by atoms with Crippen molar-refractivity contribution in [3.63, 3.8) is 0 Å². The monoisotopic (exact) mass is 382 g/mol. The molecule has 0 unspecified atom stereocenters. The fourth-order valence-electron chi connectivity index (χ4n) is 3.04. The van der Waals surface area contributed by atoms with E-state index in [1.54, 1.807) is 12.1 Å². The first-order chi connectivity index (χ1) is 13.6. The molecule has 8 nitrogen and oxygen atoms in total. The second-order valence-electron chi connectivity index (χ2n) is 6.47. The average molecular weight is 382 g/mol. The number of para-hydroxylation sites is 1. The lowest BCUT2D eigenvalue weighted by atomic mass is 9.98. The molecule has 0 aliphatic carbocycles. The predicted octanol–water partition coefficient (Wildman–Crippen LogP) is 1.91. The van der Waals surface area contributed by atoms with Crippen molar-refractivity contribution < 1.29 is 9.53 Å². The van der Waals surface area contributed by atoms with Gasteiger partial charge < -0.3 is 10.5 Å². The van der Waals surface area contributed by atoms with E-state index in [1.165, 1.54) is 0 Å². The second-order valence-corrected chi connectivity index (χ2v) is 6.47. The number of benzene rings is 2. The number of amidine groups is 1. The molecule has 0 saturated heterocycles. The fraction of sp³-hybridized carbons (Fsp3) is 0.300. The smallest absolute Gasteiger partial charge is 0.238 e. The van der Waals surface area contributed by atoms with Gasteiger partial charge in [-0.3, -0.25) is 15.5 Å². The lowest BCUT2D eigenvalue weighted by molar-refractivity contribution is -0.123. The Bertz CT molecular complexity index is 824. The zero-order chi connectivity index (χ0) is 20.0. The largest absolute Gasteiger partial charge is 0.457 e. The minimum Gasteiger partial charge on any atom is -0.457 e. The number of hydrogen-bond donors (Lipinski definition) is 4. The van der Waals surface area contributed by atoms with Gasteiger partial charge in [-0.2, -0.15) is 5.10 Å². The van der Waals surface area contributed by atoms with Gasteiger partial charge in [-0.25, -0.2) is 10.4 Å². The highest BCUT2D eigenvalue weighted by Crippen LogP contribution is 2.34. The molecule has 1 atom stereocenters. The highest BCUT2D eigenvalue weighted by Gasteiger charge is 2.50. The molecule has 3 rings (SSSR count). The molecular weight excluding hydrogens is 356 g/mol. The van der Waals surface area contributed by atoms with E-state index in [4.69, 9.17) is 10.5 Å². The van der Waals surface area contributed by atoms with E-state index >= 15 is 0 Å². The molecule has 2 aromatic carbocycles. The van der Waals surface area contributed by atoms with E-state index in [2.05, 4.69) is 28.2 Å². The molecule has 0 aromatic heterocycles. The van der Waals surface area contributed by atoms with Crippen LogP contribution in [0.15, 0.2) is 59.7 Å². The third-order valence-corrected chi connectivity index (χ3v) is 4.40. The maximum atomic E-state index is 12.2. The van der Waals surface area contributed by atoms with E-state index in [-0.39, 0.29) is 12.3 Å². The molecule has 1 aliphatic rings. The van der Waals surface area contributed by atoms with Gasteiger partial charge in [-0.15, -0.1) is 0 Å². The molecule has 0 bridgehead atoms. The number of hydrazine groups is 1. The maximum Gasteiger partial charge on any atom is 0.238 e. The summed E-state index contributed by atoms with van der Waals surface area (Å²) in [7, 11) is 1.64. The van der Waals surface area contributed by atoms with E-state index in [1.807, 2.05) is 54.6 Å². The highest BCUT2D eigenvalue weighted by molar-refractivity contribution is 6.02. The van der Waals surface area contributed by atoms with Crippen LogP contribution in [0.5, 0.6) is 11.5 Å². The predicted molar refractivity (Wildman–Crippen MR) is 110 cm³/mol. The Morgan fingerprint density at radius 2 is 1.82 bits per heavy atom. The van der Waals surface area contributed by atoms with Gasteiger partial charge in [-0.05, 0) is 49.4 Å². The molecule has 0 saturated carbocycles. The Kier molecular flexibility index (Phi) is 6.13. The number of ether oxygens (including phenoxy) is 1. The summed E-state index contributed by atoms with van der Waals surface area (Å²) < 4.78 is 5.83. The quantitative estimate of drug-likeness (QED) is 0.494. The van der Waals surface area contributed by atoms with Gasteiger partial charge in [0, 0.05) is 7.05 Å². The number of nitrogens with one attached hydrogen (secondary N) is 3. The molecule has 0 fully saturated rings. The van der Waals surface area contributed by atoms with E-state index in [0.717, 1.165) is 17.9 Å². The molecule has 0 radical (unpaired) electrons. The van der Waals surface area contributed by atoms with Crippen LogP contribution in [-0.4, -0.2) is 31.0 Å². The van der Waals surface area contributed by atoms with E-state index in [9.17, 15) is 4.79 Å². The molecule has 1 heterocycles. The summed E-state index contributed by atoms with van der Waals surface area (Å²) in [5.41, 5.74) is 11.3. The van der Waals surface area contributed by atoms with Gasteiger partial charge >= 0.3 is 0 Å². The SMILES string of the molecule is CCCN[C@]1(CC(=O)NNC)C(N)=NN1c1ccc(Oc2ccccc2)cc1. The van der Waals surface area contributed by atoms with Crippen LogP contribution in [0.4, 0.5) is 5.69 Å². The maximum absolute atomic E-state index is 12.2. The van der Waals surface area contributed by atoms with Gasteiger partial charge in [0.2, 0.25) is 5.91 Å². The Morgan fingerprint density at radius 1 is 1.14 bits per heavy atom. The number of carbonyl (C=O) groups excluding carboxylic acids is 1. The van der Waals surface area contributed by atoms with Gasteiger partial charge in [0.25, 0.3) is 0 Å². The number of hydrazone groups is 1. The fourth-order valence-corrected chi connectivity index (χ4v) is 3.04. The molecular formula is C20H26N6O2. The zero-order valence-electron chi connectivity index (χ0n) is 16.1. The Balaban J connectivity index is 1.79. The minimum absolute atomic E-state index is 0.130. The standard InChI is InChI=1S/C20H26N6O2/c1-3-13-23-20(14-18(27)24-22-2)19(21)25-26(20)15-9-11-17(12-10-15)28-16-7-5-4-6-8-16/h4-12,22-23H,3,13-14H2,1-2H3,(H2,21,25)(H,24,27)/t20-/m0/s1. The average Bonchev–Trinajstić information content (AvgIpc) is 2.71. The summed E-state index contributed by atoms with van der Waals surface area (Å²) in [6, 6.07) is 17.1. The first-order valence-electron chi connectivity index (χ1n) is 9.27. The lowest BCUT2D eigenvalue weighted by Crippen LogP contribution is -2.73. The van der Waals surface area contributed by atoms with Crippen LogP contribution in [0.3, 0.4) is 0 Å². The van der Waals surface area contributed by atoms with Crippen LogP contribution in [0, 0.1) is 0 Å². The first kappa shape index (κ1) is 19.7. The number of nitrogens with zero attached hydrogens (tertiary/aromatic N) is 2. The molecule has 148 valence electrons. The third-order valence-electron chi connectivity index (χ3n) is 4.40. The minimum atomic E-state index is -0.848. The van der Waals surface area contributed by atoms with Gasteiger partial charge in [-0.1, -0.05) is 25.1 Å². The lowest BCUT2D eigenvalue weighted by Gasteiger charge is -2.48. The van der Waals surface area contributed by atoms with Crippen LogP contribution in [0.2, 0.25) is 0 Å². The summed E-state index contributed by atoms with van der Waals surface area (Å²) in [4.78, 5) is 12.2. The van der Waals surface area contributed by atoms with Crippen molar-refractivity contribution in [3.05, 3.63) is 54.6 Å². The van der Waals surface area contributed by atoms with Gasteiger partial charge in [0.15, 0.2) is 11.5 Å². The molecule has 8 heteroatoms. The molecule has 2 aromatic rings. The molecule has 28 heavy (non-hydrogen) atoms. The van der Waals surface area contributed by atoms with Crippen LogP contribution in [0.1, 0.15) is 19.8 Å².